The highest BCUT2D eigenvalue weighted by atomic mass is 16.3. The lowest BCUT2D eigenvalue weighted by molar-refractivity contribution is 0.0279. The van der Waals surface area contributed by atoms with E-state index in [1.54, 1.807) is 14.1 Å². The van der Waals surface area contributed by atoms with Gasteiger partial charge in [-0.2, -0.15) is 0 Å². The van der Waals surface area contributed by atoms with Crippen molar-refractivity contribution < 1.29 is 9.90 Å². The molecule has 2 amide bonds. The SMILES string of the molecule is CC(C)C(O)(c1ccc2cc(NC(=O)N(C)C)ccc2c1)c1cn(C(c2ccccc2)(c2ccccc2)c2ccccc2)cn1. The third-order valence-electron chi connectivity index (χ3n) is 8.71. The Kier molecular flexibility index (Phi) is 8.00. The van der Waals surface area contributed by atoms with E-state index in [4.69, 9.17) is 4.98 Å². The largest absolute Gasteiger partial charge is 0.378 e. The van der Waals surface area contributed by atoms with Crippen LogP contribution in [0.2, 0.25) is 0 Å². The molecule has 1 unspecified atom stereocenters. The number of rotatable bonds is 8. The van der Waals surface area contributed by atoms with Gasteiger partial charge in [-0.15, -0.1) is 0 Å². The molecule has 0 spiro atoms. The molecule has 6 rings (SSSR count). The number of aromatic nitrogens is 2. The van der Waals surface area contributed by atoms with E-state index in [2.05, 4.69) is 82.7 Å². The third-order valence-corrected chi connectivity index (χ3v) is 8.71. The number of benzene rings is 5. The van der Waals surface area contributed by atoms with Gasteiger partial charge in [-0.25, -0.2) is 9.78 Å². The summed E-state index contributed by atoms with van der Waals surface area (Å²) in [6.45, 7) is 4.03. The molecule has 0 fully saturated rings. The smallest absolute Gasteiger partial charge is 0.321 e. The van der Waals surface area contributed by atoms with Gasteiger partial charge >= 0.3 is 6.03 Å². The lowest BCUT2D eigenvalue weighted by atomic mass is 9.76. The highest BCUT2D eigenvalue weighted by molar-refractivity contribution is 5.93. The number of urea groups is 1. The lowest BCUT2D eigenvalue weighted by Gasteiger charge is -2.37. The van der Waals surface area contributed by atoms with Crippen molar-refractivity contribution >= 4 is 22.5 Å². The maximum Gasteiger partial charge on any atom is 0.321 e. The van der Waals surface area contributed by atoms with Crippen LogP contribution in [0.3, 0.4) is 0 Å². The summed E-state index contributed by atoms with van der Waals surface area (Å²) in [5.74, 6) is -0.184. The quantitative estimate of drug-likeness (QED) is 0.176. The van der Waals surface area contributed by atoms with E-state index in [0.29, 0.717) is 11.4 Å². The maximum absolute atomic E-state index is 12.6. The first-order valence-corrected chi connectivity index (χ1v) is 15.2. The Labute approximate surface area is 264 Å². The van der Waals surface area contributed by atoms with Crippen LogP contribution in [0.25, 0.3) is 10.8 Å². The summed E-state index contributed by atoms with van der Waals surface area (Å²) >= 11 is 0. The van der Waals surface area contributed by atoms with Gasteiger partial charge in [-0.1, -0.05) is 123 Å². The van der Waals surface area contributed by atoms with Crippen LogP contribution in [-0.4, -0.2) is 39.7 Å². The minimum atomic E-state index is -1.37. The summed E-state index contributed by atoms with van der Waals surface area (Å²) in [6.07, 6.45) is 3.84. The minimum Gasteiger partial charge on any atom is -0.378 e. The molecular weight excluding hydrogens is 556 g/mol. The molecule has 0 aliphatic carbocycles. The van der Waals surface area contributed by atoms with Gasteiger partial charge < -0.3 is 19.9 Å². The van der Waals surface area contributed by atoms with Gasteiger partial charge in [0.2, 0.25) is 0 Å². The number of hydrogen-bond donors (Lipinski definition) is 2. The van der Waals surface area contributed by atoms with E-state index >= 15 is 0 Å². The van der Waals surface area contributed by atoms with Crippen LogP contribution in [0.15, 0.2) is 140 Å². The summed E-state index contributed by atoms with van der Waals surface area (Å²) in [7, 11) is 3.42. The van der Waals surface area contributed by atoms with Gasteiger partial charge in [0.05, 0.1) is 12.0 Å². The molecule has 5 aromatic carbocycles. The normalized spacial score (nSPS) is 13.0. The molecule has 0 saturated carbocycles. The molecule has 6 heteroatoms. The van der Waals surface area contributed by atoms with Gasteiger partial charge in [0.1, 0.15) is 11.1 Å². The zero-order valence-corrected chi connectivity index (χ0v) is 26.1. The summed E-state index contributed by atoms with van der Waals surface area (Å²) in [5.41, 5.74) is 3.19. The Balaban J connectivity index is 1.50. The summed E-state index contributed by atoms with van der Waals surface area (Å²) in [5, 5.41) is 17.4. The van der Waals surface area contributed by atoms with Crippen LogP contribution in [0, 0.1) is 5.92 Å². The van der Waals surface area contributed by atoms with Crippen molar-refractivity contribution in [2.75, 3.05) is 19.4 Å². The molecule has 0 aliphatic rings. The van der Waals surface area contributed by atoms with Gasteiger partial charge in [0.15, 0.2) is 0 Å². The standard InChI is InChI=1S/C39H38N4O2/c1-28(2)39(45,34-22-20-30-25-35(23-21-29(30)24-34)41-37(44)42(3)4)36-26-43(27-40-36)38(31-14-8-5-9-15-31,32-16-10-6-11-17-32)33-18-12-7-13-19-33/h5-28,45H,1-4H3,(H,41,44). The fraction of sp³-hybridized carbons (Fsp3) is 0.179. The highest BCUT2D eigenvalue weighted by Crippen LogP contribution is 2.43. The maximum atomic E-state index is 12.6. The number of imidazole rings is 1. The monoisotopic (exact) mass is 594 g/mol. The summed E-state index contributed by atoms with van der Waals surface area (Å²) < 4.78 is 2.14. The van der Waals surface area contributed by atoms with Crippen molar-refractivity contribution in [1.29, 1.82) is 0 Å². The zero-order valence-electron chi connectivity index (χ0n) is 26.1. The van der Waals surface area contributed by atoms with Gasteiger partial charge in [-0.3, -0.25) is 0 Å². The molecule has 2 N–H and O–H groups in total. The molecule has 0 aliphatic heterocycles. The molecule has 6 nitrogen and oxygen atoms in total. The first-order chi connectivity index (χ1) is 21.7. The highest BCUT2D eigenvalue weighted by Gasteiger charge is 2.42. The fourth-order valence-electron chi connectivity index (χ4n) is 6.26. The van der Waals surface area contributed by atoms with Crippen molar-refractivity contribution in [3.05, 3.63) is 168 Å². The lowest BCUT2D eigenvalue weighted by Crippen LogP contribution is -2.37. The predicted octanol–water partition coefficient (Wildman–Crippen LogP) is 7.86. The molecule has 0 bridgehead atoms. The minimum absolute atomic E-state index is 0.184. The first-order valence-electron chi connectivity index (χ1n) is 15.2. The number of aliphatic hydroxyl groups is 1. The second-order valence-electron chi connectivity index (χ2n) is 12.0. The Bertz CT molecular complexity index is 1820. The first kappa shape index (κ1) is 29.9. The average molecular weight is 595 g/mol. The van der Waals surface area contributed by atoms with Crippen molar-refractivity contribution in [3.63, 3.8) is 0 Å². The molecule has 1 heterocycles. The molecule has 1 aromatic heterocycles. The van der Waals surface area contributed by atoms with Crippen molar-refractivity contribution in [2.24, 2.45) is 5.92 Å². The van der Waals surface area contributed by atoms with E-state index in [0.717, 1.165) is 33.0 Å². The van der Waals surface area contributed by atoms with Crippen LogP contribution in [0.1, 0.15) is 41.8 Å². The number of fused-ring (bicyclic) bond motifs is 1. The van der Waals surface area contributed by atoms with E-state index in [1.165, 1.54) is 4.90 Å². The Morgan fingerprint density at radius 3 is 1.76 bits per heavy atom. The Morgan fingerprint density at radius 1 is 0.733 bits per heavy atom. The zero-order chi connectivity index (χ0) is 31.6. The number of carbonyl (C=O) groups excluding carboxylic acids is 1. The topological polar surface area (TPSA) is 70.4 Å². The molecule has 1 atom stereocenters. The molecule has 0 saturated heterocycles. The van der Waals surface area contributed by atoms with E-state index in [1.807, 2.05) is 81.0 Å². The predicted molar refractivity (Wildman–Crippen MR) is 181 cm³/mol. The molecule has 6 aromatic rings. The summed E-state index contributed by atoms with van der Waals surface area (Å²) in [4.78, 5) is 18.6. The van der Waals surface area contributed by atoms with Gasteiger partial charge in [0.25, 0.3) is 0 Å². The number of nitrogens with zero attached hydrogens (tertiary/aromatic N) is 3. The van der Waals surface area contributed by atoms with E-state index in [9.17, 15) is 9.90 Å². The third kappa shape index (κ3) is 5.28. The number of nitrogens with one attached hydrogen (secondary N) is 1. The molecular formula is C39H38N4O2. The van der Waals surface area contributed by atoms with Crippen molar-refractivity contribution in [1.82, 2.24) is 14.5 Å². The molecule has 226 valence electrons. The van der Waals surface area contributed by atoms with E-state index in [-0.39, 0.29) is 11.9 Å². The Morgan fingerprint density at radius 2 is 1.24 bits per heavy atom. The number of anilines is 1. The molecule has 45 heavy (non-hydrogen) atoms. The number of carbonyl (C=O) groups is 1. The van der Waals surface area contributed by atoms with Gasteiger partial charge in [0, 0.05) is 26.0 Å². The Hall–Kier alpha value is -5.20. The average Bonchev–Trinajstić information content (AvgIpc) is 3.57. The van der Waals surface area contributed by atoms with Crippen LogP contribution in [-0.2, 0) is 11.1 Å². The fourth-order valence-corrected chi connectivity index (χ4v) is 6.26. The molecule has 0 radical (unpaired) electrons. The van der Waals surface area contributed by atoms with Crippen LogP contribution in [0.5, 0.6) is 0 Å². The van der Waals surface area contributed by atoms with Crippen LogP contribution < -0.4 is 5.32 Å². The van der Waals surface area contributed by atoms with Crippen LogP contribution in [0.4, 0.5) is 10.5 Å². The number of amides is 2. The second kappa shape index (κ2) is 12.1. The van der Waals surface area contributed by atoms with E-state index < -0.39 is 11.1 Å². The van der Waals surface area contributed by atoms with Gasteiger partial charge in [-0.05, 0) is 57.1 Å². The van der Waals surface area contributed by atoms with Crippen molar-refractivity contribution in [2.45, 2.75) is 25.0 Å². The number of hydrogen-bond acceptors (Lipinski definition) is 3. The summed E-state index contributed by atoms with van der Waals surface area (Å²) in [6, 6.07) is 42.9. The second-order valence-corrected chi connectivity index (χ2v) is 12.0. The van der Waals surface area contributed by atoms with Crippen molar-refractivity contribution in [3.8, 4) is 0 Å². The van der Waals surface area contributed by atoms with Crippen LogP contribution >= 0.6 is 0 Å².